The quantitative estimate of drug-likeness (QED) is 0.619. The van der Waals surface area contributed by atoms with Gasteiger partial charge < -0.3 is 5.32 Å². The molecule has 0 unspecified atom stereocenters. The molecule has 8 heteroatoms. The number of nitrogens with one attached hydrogen (secondary N) is 1. The molecule has 0 spiro atoms. The van der Waals surface area contributed by atoms with Crippen LogP contribution in [0.25, 0.3) is 0 Å². The van der Waals surface area contributed by atoms with E-state index < -0.39 is 11.4 Å². The van der Waals surface area contributed by atoms with E-state index in [1.165, 1.54) is 4.57 Å². The average molecular weight is 428 g/mol. The molecule has 1 aromatic carbocycles. The van der Waals surface area contributed by atoms with Gasteiger partial charge in [-0.1, -0.05) is 50.6 Å². The number of hydrogen-bond acceptors (Lipinski definition) is 5. The van der Waals surface area contributed by atoms with Gasteiger partial charge in [-0.3, -0.25) is 4.57 Å². The largest absolute Gasteiger partial charge is 0.355 e. The molecule has 0 saturated carbocycles. The summed E-state index contributed by atoms with van der Waals surface area (Å²) in [6.45, 7) is 10.1. The van der Waals surface area contributed by atoms with E-state index in [9.17, 15) is 9.59 Å². The van der Waals surface area contributed by atoms with Crippen LogP contribution in [-0.2, 0) is 12.0 Å². The van der Waals surface area contributed by atoms with Gasteiger partial charge in [0.25, 0.3) is 0 Å². The number of hydrogen-bond donors (Lipinski definition) is 1. The summed E-state index contributed by atoms with van der Waals surface area (Å²) < 4.78 is 2.58. The minimum atomic E-state index is -0.588. The van der Waals surface area contributed by atoms with Crippen LogP contribution >= 0.6 is 11.6 Å². The van der Waals surface area contributed by atoms with Gasteiger partial charge in [0.05, 0.1) is 6.54 Å². The van der Waals surface area contributed by atoms with Crippen LogP contribution in [0.4, 0.5) is 11.6 Å². The lowest BCUT2D eigenvalue weighted by Crippen LogP contribution is -2.43. The van der Waals surface area contributed by atoms with Crippen molar-refractivity contribution in [1.82, 2.24) is 19.1 Å². The summed E-state index contributed by atoms with van der Waals surface area (Å²) in [5.74, 6) is 0.183. The Bertz CT molecular complexity index is 1160. The maximum atomic E-state index is 13.1. The Morgan fingerprint density at radius 1 is 1.13 bits per heavy atom. The summed E-state index contributed by atoms with van der Waals surface area (Å²) in [7, 11) is 0. The zero-order chi connectivity index (χ0) is 22.1. The van der Waals surface area contributed by atoms with Gasteiger partial charge in [-0.15, -0.1) is 0 Å². The summed E-state index contributed by atoms with van der Waals surface area (Å²) in [6.07, 6.45) is 1.60. The zero-order valence-electron chi connectivity index (χ0n) is 17.8. The van der Waals surface area contributed by atoms with Crippen LogP contribution in [0.1, 0.15) is 51.8 Å². The number of halogens is 1. The first-order valence-corrected chi connectivity index (χ1v) is 10.2. The van der Waals surface area contributed by atoms with Gasteiger partial charge in [0.15, 0.2) is 0 Å². The normalized spacial score (nSPS) is 11.7. The molecular weight excluding hydrogens is 402 g/mol. The number of aromatic nitrogens is 4. The van der Waals surface area contributed by atoms with E-state index in [4.69, 9.17) is 11.6 Å². The summed E-state index contributed by atoms with van der Waals surface area (Å²) >= 11 is 5.87. The highest BCUT2D eigenvalue weighted by Crippen LogP contribution is 2.25. The van der Waals surface area contributed by atoms with Crippen molar-refractivity contribution in [1.29, 1.82) is 0 Å². The molecule has 0 radical (unpaired) electrons. The molecule has 0 saturated heterocycles. The lowest BCUT2D eigenvalue weighted by atomic mass is 9.87. The second kappa shape index (κ2) is 8.44. The lowest BCUT2D eigenvalue weighted by molar-refractivity contribution is 0.497. The molecule has 2 aromatic heterocycles. The predicted molar refractivity (Wildman–Crippen MR) is 120 cm³/mol. The molecule has 0 atom stereocenters. The van der Waals surface area contributed by atoms with Crippen molar-refractivity contribution >= 4 is 23.2 Å². The molecule has 7 nitrogen and oxygen atoms in total. The van der Waals surface area contributed by atoms with Crippen LogP contribution in [0.5, 0.6) is 0 Å². The molecular formula is C22H26ClN5O2. The number of benzene rings is 1. The van der Waals surface area contributed by atoms with E-state index in [2.05, 4.69) is 36.1 Å². The van der Waals surface area contributed by atoms with Crippen molar-refractivity contribution in [3.05, 3.63) is 79.8 Å². The number of rotatable bonds is 5. The topological polar surface area (TPSA) is 81.8 Å². The highest BCUT2D eigenvalue weighted by Gasteiger charge is 2.17. The summed E-state index contributed by atoms with van der Waals surface area (Å²) in [4.78, 5) is 33.9. The fraction of sp³-hybridized carbons (Fsp3) is 0.364. The lowest BCUT2D eigenvalue weighted by Gasteiger charge is -2.21. The Balaban J connectivity index is 2.10. The van der Waals surface area contributed by atoms with Crippen molar-refractivity contribution < 1.29 is 0 Å². The maximum absolute atomic E-state index is 13.1. The fourth-order valence-electron chi connectivity index (χ4n) is 3.06. The second-order valence-corrected chi connectivity index (χ2v) is 8.88. The highest BCUT2D eigenvalue weighted by atomic mass is 35.5. The Morgan fingerprint density at radius 3 is 2.47 bits per heavy atom. The number of nitrogens with zero attached hydrogens (tertiary/aromatic N) is 4. The van der Waals surface area contributed by atoms with Crippen LogP contribution in [0.3, 0.4) is 0 Å². The van der Waals surface area contributed by atoms with Gasteiger partial charge in [0.1, 0.15) is 5.15 Å². The van der Waals surface area contributed by atoms with Gasteiger partial charge in [-0.05, 0) is 48.6 Å². The third-order valence-corrected chi connectivity index (χ3v) is 4.95. The minimum absolute atomic E-state index is 0.0409. The van der Waals surface area contributed by atoms with E-state index in [0.29, 0.717) is 5.15 Å². The molecule has 1 N–H and O–H groups in total. The van der Waals surface area contributed by atoms with E-state index in [1.54, 1.807) is 32.2 Å². The van der Waals surface area contributed by atoms with Crippen LogP contribution in [0.2, 0.25) is 5.15 Å². The standard InChI is InChI=1S/C22H26ClN5O2/c1-14(2)28-20(29)26-19(25-17-8-6-7-16(11-17)22(3,4)5)27(21(28)30)13-15-9-10-18(23)24-12-15/h6-12,14H,13H2,1-5H3,(H,25,26,29). The Morgan fingerprint density at radius 2 is 1.87 bits per heavy atom. The van der Waals surface area contributed by atoms with Crippen molar-refractivity contribution in [2.45, 2.75) is 52.6 Å². The molecule has 3 rings (SSSR count). The first kappa shape index (κ1) is 21.8. The molecule has 30 heavy (non-hydrogen) atoms. The van der Waals surface area contributed by atoms with Gasteiger partial charge >= 0.3 is 11.4 Å². The molecule has 158 valence electrons. The van der Waals surface area contributed by atoms with E-state index in [-0.39, 0.29) is 23.9 Å². The van der Waals surface area contributed by atoms with Crippen LogP contribution in [-0.4, -0.2) is 19.1 Å². The van der Waals surface area contributed by atoms with Crippen molar-refractivity contribution in [3.8, 4) is 0 Å². The third kappa shape index (κ3) is 4.79. The van der Waals surface area contributed by atoms with E-state index >= 15 is 0 Å². The van der Waals surface area contributed by atoms with Gasteiger partial charge in [0.2, 0.25) is 5.95 Å². The highest BCUT2D eigenvalue weighted by molar-refractivity contribution is 6.29. The van der Waals surface area contributed by atoms with Gasteiger partial charge in [0, 0.05) is 17.9 Å². The van der Waals surface area contributed by atoms with Crippen LogP contribution < -0.4 is 16.7 Å². The molecule has 0 aliphatic heterocycles. The Labute approximate surface area is 180 Å². The molecule has 2 heterocycles. The SMILES string of the molecule is CC(C)n1c(=O)nc(Nc2cccc(C(C)(C)C)c2)n(Cc2ccc(Cl)nc2)c1=O. The third-order valence-electron chi connectivity index (χ3n) is 4.73. The monoisotopic (exact) mass is 427 g/mol. The Kier molecular flexibility index (Phi) is 6.12. The first-order chi connectivity index (χ1) is 14.1. The van der Waals surface area contributed by atoms with Gasteiger partial charge in [-0.2, -0.15) is 4.98 Å². The Hall–Kier alpha value is -2.93. The molecule has 0 aliphatic carbocycles. The van der Waals surface area contributed by atoms with E-state index in [1.807, 2.05) is 24.3 Å². The second-order valence-electron chi connectivity index (χ2n) is 8.50. The van der Waals surface area contributed by atoms with E-state index in [0.717, 1.165) is 21.4 Å². The summed E-state index contributed by atoms with van der Waals surface area (Å²) in [5.41, 5.74) is 1.58. The van der Waals surface area contributed by atoms with Gasteiger partial charge in [-0.25, -0.2) is 19.1 Å². The molecule has 0 bridgehead atoms. The number of pyridine rings is 1. The summed E-state index contributed by atoms with van der Waals surface area (Å²) in [6, 6.07) is 11.0. The molecule has 0 fully saturated rings. The predicted octanol–water partition coefficient (Wildman–Crippen LogP) is 4.12. The number of anilines is 2. The first-order valence-electron chi connectivity index (χ1n) is 9.77. The van der Waals surface area contributed by atoms with Crippen LogP contribution in [0.15, 0.2) is 52.2 Å². The molecule has 0 amide bonds. The molecule has 3 aromatic rings. The zero-order valence-corrected chi connectivity index (χ0v) is 18.6. The minimum Gasteiger partial charge on any atom is -0.325 e. The van der Waals surface area contributed by atoms with Crippen molar-refractivity contribution in [2.75, 3.05) is 5.32 Å². The van der Waals surface area contributed by atoms with Crippen molar-refractivity contribution in [3.63, 3.8) is 0 Å². The maximum Gasteiger partial charge on any atom is 0.355 e. The summed E-state index contributed by atoms with van der Waals surface area (Å²) in [5, 5.41) is 3.53. The van der Waals surface area contributed by atoms with Crippen LogP contribution in [0, 0.1) is 0 Å². The molecule has 0 aliphatic rings. The fourth-order valence-corrected chi connectivity index (χ4v) is 3.17. The smallest absolute Gasteiger partial charge is 0.325 e. The van der Waals surface area contributed by atoms with Crippen molar-refractivity contribution in [2.24, 2.45) is 0 Å². The average Bonchev–Trinajstić information content (AvgIpc) is 2.65.